The van der Waals surface area contributed by atoms with E-state index in [1.807, 2.05) is 0 Å². The number of esters is 2. The van der Waals surface area contributed by atoms with E-state index in [-0.39, 0.29) is 25.2 Å². The van der Waals surface area contributed by atoms with Gasteiger partial charge in [-0.3, -0.25) is 9.59 Å². The zero-order valence-electron chi connectivity index (χ0n) is 40.5. The molecule has 352 valence electrons. The maximum Gasteiger partial charge on any atom is 0.306 e. The first kappa shape index (κ1) is 58.1. The molecule has 0 aliphatic heterocycles. The van der Waals surface area contributed by atoms with Crippen LogP contribution in [-0.4, -0.2) is 37.9 Å². The summed E-state index contributed by atoms with van der Waals surface area (Å²) in [5.41, 5.74) is 0. The Balaban J connectivity index is 4.16. The lowest BCUT2D eigenvalue weighted by Crippen LogP contribution is -2.30. The van der Waals surface area contributed by atoms with Crippen molar-refractivity contribution in [2.45, 2.75) is 284 Å². The molecule has 0 fully saturated rings. The Bertz CT molecular complexity index is 955. The standard InChI is InChI=1S/C55H102O5/c1-4-7-10-13-16-19-21-23-25-27-28-29-30-32-34-37-39-42-45-48-54(56)59-52-53(60-55(57)49-46-43-40-36-18-15-12-9-6-3)51-58-50-47-44-41-38-35-33-31-26-24-22-20-17-14-11-8-5-2/h16,19,23,25,28-29,53H,4-15,17-18,20-22,24,26-27,30-52H2,1-3H3/b19-16-,25-23-,29-28-. The molecule has 0 radical (unpaired) electrons. The van der Waals surface area contributed by atoms with Crippen LogP contribution < -0.4 is 0 Å². The van der Waals surface area contributed by atoms with Crippen molar-refractivity contribution < 1.29 is 23.8 Å². The number of hydrogen-bond acceptors (Lipinski definition) is 5. The molecule has 0 N–H and O–H groups in total. The molecule has 0 heterocycles. The van der Waals surface area contributed by atoms with Gasteiger partial charge in [0.15, 0.2) is 6.10 Å². The van der Waals surface area contributed by atoms with Crippen molar-refractivity contribution in [2.24, 2.45) is 0 Å². The van der Waals surface area contributed by atoms with Crippen LogP contribution in [0, 0.1) is 0 Å². The summed E-state index contributed by atoms with van der Waals surface area (Å²) in [6, 6.07) is 0. The summed E-state index contributed by atoms with van der Waals surface area (Å²) in [5, 5.41) is 0. The molecule has 5 heteroatoms. The van der Waals surface area contributed by atoms with E-state index in [1.165, 1.54) is 186 Å². The van der Waals surface area contributed by atoms with Crippen LogP contribution in [0.4, 0.5) is 0 Å². The molecule has 1 unspecified atom stereocenters. The number of carbonyl (C=O) groups is 2. The fourth-order valence-corrected chi connectivity index (χ4v) is 7.69. The SMILES string of the molecule is CCCCC/C=C\C/C=C\C/C=C\CCCCCCCCC(=O)OCC(COCCCCCCCCCCCCCCCCCC)OC(=O)CCCCCCCCCCC. The van der Waals surface area contributed by atoms with Crippen molar-refractivity contribution >= 4 is 11.9 Å². The fraction of sp³-hybridized carbons (Fsp3) is 0.855. The van der Waals surface area contributed by atoms with Gasteiger partial charge in [-0.05, 0) is 57.8 Å². The van der Waals surface area contributed by atoms with E-state index in [1.54, 1.807) is 0 Å². The highest BCUT2D eigenvalue weighted by atomic mass is 16.6. The minimum Gasteiger partial charge on any atom is -0.462 e. The lowest BCUT2D eigenvalue weighted by atomic mass is 10.0. The van der Waals surface area contributed by atoms with Crippen LogP contribution in [0.2, 0.25) is 0 Å². The monoisotopic (exact) mass is 843 g/mol. The minimum atomic E-state index is -0.534. The molecule has 0 aliphatic carbocycles. The van der Waals surface area contributed by atoms with Crippen LogP contribution in [0.3, 0.4) is 0 Å². The molecule has 0 bridgehead atoms. The maximum atomic E-state index is 12.7. The molecule has 0 aromatic carbocycles. The van der Waals surface area contributed by atoms with E-state index in [0.29, 0.717) is 19.4 Å². The third-order valence-electron chi connectivity index (χ3n) is 11.7. The van der Waals surface area contributed by atoms with E-state index < -0.39 is 6.10 Å². The number of hydrogen-bond donors (Lipinski definition) is 0. The zero-order valence-corrected chi connectivity index (χ0v) is 40.5. The largest absolute Gasteiger partial charge is 0.462 e. The molecule has 5 nitrogen and oxygen atoms in total. The molecular formula is C55H102O5. The fourth-order valence-electron chi connectivity index (χ4n) is 7.69. The van der Waals surface area contributed by atoms with Crippen molar-refractivity contribution in [1.82, 2.24) is 0 Å². The molecule has 0 rings (SSSR count). The summed E-state index contributed by atoms with van der Waals surface area (Å²) >= 11 is 0. The van der Waals surface area contributed by atoms with Crippen LogP contribution in [0.15, 0.2) is 36.5 Å². The predicted octanol–water partition coefficient (Wildman–Crippen LogP) is 17.8. The van der Waals surface area contributed by atoms with Gasteiger partial charge in [0.2, 0.25) is 0 Å². The highest BCUT2D eigenvalue weighted by Gasteiger charge is 2.17. The smallest absolute Gasteiger partial charge is 0.306 e. The normalized spacial score (nSPS) is 12.4. The highest BCUT2D eigenvalue weighted by Crippen LogP contribution is 2.15. The van der Waals surface area contributed by atoms with Gasteiger partial charge in [0.25, 0.3) is 0 Å². The molecular weight excluding hydrogens is 741 g/mol. The van der Waals surface area contributed by atoms with Crippen molar-refractivity contribution in [2.75, 3.05) is 19.8 Å². The maximum absolute atomic E-state index is 12.7. The van der Waals surface area contributed by atoms with Crippen LogP contribution in [0.5, 0.6) is 0 Å². The number of ether oxygens (including phenoxy) is 3. The second kappa shape index (κ2) is 51.5. The van der Waals surface area contributed by atoms with E-state index in [9.17, 15) is 9.59 Å². The molecule has 60 heavy (non-hydrogen) atoms. The van der Waals surface area contributed by atoms with E-state index >= 15 is 0 Å². The van der Waals surface area contributed by atoms with Gasteiger partial charge in [-0.1, -0.05) is 243 Å². The topological polar surface area (TPSA) is 61.8 Å². The van der Waals surface area contributed by atoms with Gasteiger partial charge in [0.1, 0.15) is 6.61 Å². The van der Waals surface area contributed by atoms with E-state index in [4.69, 9.17) is 14.2 Å². The number of carbonyl (C=O) groups excluding carboxylic acids is 2. The zero-order chi connectivity index (χ0) is 43.5. The highest BCUT2D eigenvalue weighted by molar-refractivity contribution is 5.70. The quantitative estimate of drug-likeness (QED) is 0.0347. The lowest BCUT2D eigenvalue weighted by molar-refractivity contribution is -0.163. The summed E-state index contributed by atoms with van der Waals surface area (Å²) < 4.78 is 17.4. The Kier molecular flexibility index (Phi) is 49.9. The molecule has 0 amide bonds. The molecule has 0 saturated heterocycles. The average Bonchev–Trinajstić information content (AvgIpc) is 3.25. The van der Waals surface area contributed by atoms with Crippen LogP contribution in [-0.2, 0) is 23.8 Å². The van der Waals surface area contributed by atoms with Crippen molar-refractivity contribution in [1.29, 1.82) is 0 Å². The Hall–Kier alpha value is -1.88. The summed E-state index contributed by atoms with van der Waals surface area (Å²) in [5.74, 6) is -0.399. The number of rotatable bonds is 49. The third-order valence-corrected chi connectivity index (χ3v) is 11.7. The Morgan fingerprint density at radius 3 is 1.15 bits per heavy atom. The predicted molar refractivity (Wildman–Crippen MR) is 261 cm³/mol. The minimum absolute atomic E-state index is 0.0841. The first-order valence-corrected chi connectivity index (χ1v) is 26.5. The number of unbranched alkanes of at least 4 members (excludes halogenated alkanes) is 32. The van der Waals surface area contributed by atoms with E-state index in [2.05, 4.69) is 57.2 Å². The molecule has 0 saturated carbocycles. The van der Waals surface area contributed by atoms with Crippen molar-refractivity contribution in [3.63, 3.8) is 0 Å². The van der Waals surface area contributed by atoms with Gasteiger partial charge in [-0.25, -0.2) is 0 Å². The number of allylic oxidation sites excluding steroid dienone is 6. The average molecular weight is 843 g/mol. The molecule has 0 aliphatic rings. The third kappa shape index (κ3) is 48.8. The lowest BCUT2D eigenvalue weighted by Gasteiger charge is -2.18. The molecule has 0 aromatic heterocycles. The molecule has 0 spiro atoms. The van der Waals surface area contributed by atoms with Crippen LogP contribution in [0.1, 0.15) is 278 Å². The Morgan fingerprint density at radius 2 is 0.700 bits per heavy atom. The van der Waals surface area contributed by atoms with E-state index in [0.717, 1.165) is 57.8 Å². The van der Waals surface area contributed by atoms with Gasteiger partial charge in [-0.2, -0.15) is 0 Å². The summed E-state index contributed by atoms with van der Waals surface area (Å²) in [7, 11) is 0. The Labute approximate surface area is 374 Å². The van der Waals surface area contributed by atoms with Crippen molar-refractivity contribution in [3.8, 4) is 0 Å². The first-order chi connectivity index (χ1) is 29.6. The Morgan fingerprint density at radius 1 is 0.367 bits per heavy atom. The second-order valence-corrected chi connectivity index (χ2v) is 17.8. The van der Waals surface area contributed by atoms with Crippen molar-refractivity contribution in [3.05, 3.63) is 36.5 Å². The summed E-state index contributed by atoms with van der Waals surface area (Å²) in [6.45, 7) is 7.82. The van der Waals surface area contributed by atoms with Crippen LogP contribution in [0.25, 0.3) is 0 Å². The second-order valence-electron chi connectivity index (χ2n) is 17.8. The summed E-state index contributed by atoms with van der Waals surface area (Å²) in [6.07, 6.45) is 61.5. The molecule has 0 aromatic rings. The molecule has 1 atom stereocenters. The van der Waals surface area contributed by atoms with Crippen LogP contribution >= 0.6 is 0 Å². The van der Waals surface area contributed by atoms with Gasteiger partial charge in [-0.15, -0.1) is 0 Å². The first-order valence-electron chi connectivity index (χ1n) is 26.5. The van der Waals surface area contributed by atoms with Gasteiger partial charge in [0.05, 0.1) is 6.61 Å². The summed E-state index contributed by atoms with van der Waals surface area (Å²) in [4.78, 5) is 25.3. The van der Waals surface area contributed by atoms with Gasteiger partial charge in [0, 0.05) is 19.4 Å². The van der Waals surface area contributed by atoms with Gasteiger partial charge < -0.3 is 14.2 Å². The van der Waals surface area contributed by atoms with Gasteiger partial charge >= 0.3 is 11.9 Å².